The second kappa shape index (κ2) is 11.4. The van der Waals surface area contributed by atoms with Crippen LogP contribution in [0, 0.1) is 13.8 Å². The van der Waals surface area contributed by atoms with Gasteiger partial charge in [0.25, 0.3) is 0 Å². The number of aromatic amines is 1. The van der Waals surface area contributed by atoms with Gasteiger partial charge in [-0.1, -0.05) is 60.7 Å². The SMILES string of the molecule is CC(=O)c1c(C2=[N+](C)Cc3c(C(C)=O)c(C)c(C(=O)OCc4ccccc4)n32)[nH]c(C(=O)OCc2ccccc2)c1C. The van der Waals surface area contributed by atoms with E-state index in [2.05, 4.69) is 4.98 Å². The van der Waals surface area contributed by atoms with Crippen molar-refractivity contribution in [2.24, 2.45) is 0 Å². The third kappa shape index (κ3) is 5.09. The van der Waals surface area contributed by atoms with Crippen molar-refractivity contribution in [1.29, 1.82) is 0 Å². The molecule has 1 aliphatic heterocycles. The summed E-state index contributed by atoms with van der Waals surface area (Å²) in [7, 11) is 1.80. The lowest BCUT2D eigenvalue weighted by molar-refractivity contribution is -0.508. The third-order valence-corrected chi connectivity index (χ3v) is 7.47. The van der Waals surface area contributed by atoms with Crippen molar-refractivity contribution in [1.82, 2.24) is 9.55 Å². The van der Waals surface area contributed by atoms with E-state index in [1.165, 1.54) is 13.8 Å². The maximum Gasteiger partial charge on any atom is 0.379 e. The zero-order valence-electron chi connectivity index (χ0n) is 24.2. The number of ether oxygens (including phenoxy) is 2. The predicted molar refractivity (Wildman–Crippen MR) is 155 cm³/mol. The topological polar surface area (TPSA) is 110 Å². The van der Waals surface area contributed by atoms with Crippen LogP contribution in [0.25, 0.3) is 0 Å². The highest BCUT2D eigenvalue weighted by Gasteiger charge is 2.43. The lowest BCUT2D eigenvalue weighted by Crippen LogP contribution is -2.25. The van der Waals surface area contributed by atoms with E-state index >= 15 is 0 Å². The van der Waals surface area contributed by atoms with E-state index in [-0.39, 0.29) is 36.2 Å². The van der Waals surface area contributed by atoms with Gasteiger partial charge in [-0.3, -0.25) is 14.2 Å². The van der Waals surface area contributed by atoms with Crippen LogP contribution < -0.4 is 0 Å². The average molecular weight is 567 g/mol. The fourth-order valence-electron chi connectivity index (χ4n) is 5.61. The Morgan fingerprint density at radius 3 is 1.83 bits per heavy atom. The Morgan fingerprint density at radius 2 is 1.31 bits per heavy atom. The highest BCUT2D eigenvalue weighted by Crippen LogP contribution is 2.32. The quantitative estimate of drug-likeness (QED) is 0.173. The summed E-state index contributed by atoms with van der Waals surface area (Å²) in [4.78, 5) is 55.7. The largest absolute Gasteiger partial charge is 0.456 e. The van der Waals surface area contributed by atoms with Gasteiger partial charge in [-0.25, -0.2) is 9.59 Å². The summed E-state index contributed by atoms with van der Waals surface area (Å²) in [6, 6.07) is 18.6. The molecule has 42 heavy (non-hydrogen) atoms. The van der Waals surface area contributed by atoms with Crippen molar-refractivity contribution in [3.05, 3.63) is 117 Å². The molecule has 0 saturated heterocycles. The molecular formula is C33H32N3O6+. The van der Waals surface area contributed by atoms with Crippen molar-refractivity contribution in [3.63, 3.8) is 0 Å². The van der Waals surface area contributed by atoms with E-state index in [1.807, 2.05) is 65.2 Å². The smallest absolute Gasteiger partial charge is 0.379 e. The lowest BCUT2D eigenvalue weighted by atomic mass is 10.1. The number of fused-ring (bicyclic) bond motifs is 1. The Bertz CT molecular complexity index is 1760. The number of ketones is 2. The van der Waals surface area contributed by atoms with Crippen molar-refractivity contribution >= 4 is 29.3 Å². The average Bonchev–Trinajstić information content (AvgIpc) is 3.57. The summed E-state index contributed by atoms with van der Waals surface area (Å²) in [6.45, 7) is 6.71. The minimum Gasteiger partial charge on any atom is -0.456 e. The number of esters is 2. The number of nitrogens with zero attached hydrogens (tertiary/aromatic N) is 2. The molecule has 0 unspecified atom stereocenters. The summed E-state index contributed by atoms with van der Waals surface area (Å²) < 4.78 is 14.8. The number of hydrogen-bond donors (Lipinski definition) is 1. The van der Waals surface area contributed by atoms with Gasteiger partial charge in [0.05, 0.1) is 18.2 Å². The third-order valence-electron chi connectivity index (χ3n) is 7.47. The normalized spacial score (nSPS) is 12.3. The Labute approximate surface area is 243 Å². The molecule has 0 atom stereocenters. The predicted octanol–water partition coefficient (Wildman–Crippen LogP) is 5.00. The molecular weight excluding hydrogens is 534 g/mol. The molecule has 4 aromatic rings. The van der Waals surface area contributed by atoms with Crippen LogP contribution in [-0.4, -0.2) is 50.5 Å². The molecule has 0 amide bonds. The van der Waals surface area contributed by atoms with Gasteiger partial charge >= 0.3 is 17.8 Å². The molecule has 2 aromatic heterocycles. The molecule has 0 fully saturated rings. The zero-order valence-corrected chi connectivity index (χ0v) is 24.2. The number of Topliss-reactive ketones (excluding diaryl/α,β-unsaturated/α-hetero) is 2. The van der Waals surface area contributed by atoms with Gasteiger partial charge in [-0.2, -0.15) is 4.57 Å². The van der Waals surface area contributed by atoms with Crippen molar-refractivity contribution in [2.45, 2.75) is 47.5 Å². The Hall–Kier alpha value is -5.05. The molecule has 2 aromatic carbocycles. The highest BCUT2D eigenvalue weighted by molar-refractivity contribution is 6.14. The van der Waals surface area contributed by atoms with Crippen LogP contribution in [0.15, 0.2) is 60.7 Å². The fourth-order valence-corrected chi connectivity index (χ4v) is 5.61. The highest BCUT2D eigenvalue weighted by atomic mass is 16.5. The molecule has 0 spiro atoms. The molecule has 1 aliphatic rings. The van der Waals surface area contributed by atoms with Crippen LogP contribution in [0.1, 0.15) is 89.2 Å². The van der Waals surface area contributed by atoms with E-state index in [1.54, 1.807) is 25.5 Å². The second-order valence-electron chi connectivity index (χ2n) is 10.4. The molecule has 0 aliphatic carbocycles. The minimum atomic E-state index is -0.609. The van der Waals surface area contributed by atoms with Gasteiger partial charge in [0.15, 0.2) is 17.3 Å². The summed E-state index contributed by atoms with van der Waals surface area (Å²) in [6.07, 6.45) is 0. The van der Waals surface area contributed by atoms with Gasteiger partial charge < -0.3 is 14.5 Å². The Balaban J connectivity index is 1.58. The van der Waals surface area contributed by atoms with Crippen LogP contribution in [0.3, 0.4) is 0 Å². The lowest BCUT2D eigenvalue weighted by Gasteiger charge is -2.08. The molecule has 3 heterocycles. The van der Waals surface area contributed by atoms with E-state index in [4.69, 9.17) is 9.47 Å². The minimum absolute atomic E-state index is 0.0535. The number of rotatable bonds is 9. The fraction of sp³-hybridized carbons (Fsp3) is 0.242. The van der Waals surface area contributed by atoms with Gasteiger partial charge in [0.2, 0.25) is 5.69 Å². The van der Waals surface area contributed by atoms with Crippen LogP contribution in [0.5, 0.6) is 0 Å². The number of hydrogen-bond acceptors (Lipinski definition) is 6. The monoisotopic (exact) mass is 566 g/mol. The van der Waals surface area contributed by atoms with E-state index in [0.717, 1.165) is 11.1 Å². The molecule has 0 saturated carbocycles. The van der Waals surface area contributed by atoms with Crippen molar-refractivity contribution in [3.8, 4) is 0 Å². The van der Waals surface area contributed by atoms with Crippen LogP contribution >= 0.6 is 0 Å². The molecule has 5 rings (SSSR count). The molecule has 0 radical (unpaired) electrons. The van der Waals surface area contributed by atoms with E-state index in [9.17, 15) is 19.2 Å². The van der Waals surface area contributed by atoms with Gasteiger partial charge in [-0.15, -0.1) is 0 Å². The van der Waals surface area contributed by atoms with Crippen molar-refractivity contribution < 1.29 is 33.2 Å². The number of nitrogens with one attached hydrogen (secondary N) is 1. The molecule has 9 heteroatoms. The van der Waals surface area contributed by atoms with Crippen molar-refractivity contribution in [2.75, 3.05) is 7.05 Å². The van der Waals surface area contributed by atoms with Crippen LogP contribution in [0.4, 0.5) is 0 Å². The summed E-state index contributed by atoms with van der Waals surface area (Å²) in [5.74, 6) is -1.20. The van der Waals surface area contributed by atoms with E-state index < -0.39 is 11.9 Å². The Morgan fingerprint density at radius 1 is 0.786 bits per heavy atom. The summed E-state index contributed by atoms with van der Waals surface area (Å²) in [5.41, 5.74) is 4.62. The van der Waals surface area contributed by atoms with E-state index in [0.29, 0.717) is 46.0 Å². The second-order valence-corrected chi connectivity index (χ2v) is 10.4. The van der Waals surface area contributed by atoms with Gasteiger partial charge in [-0.05, 0) is 44.4 Å². The van der Waals surface area contributed by atoms with Gasteiger partial charge in [0, 0.05) is 5.56 Å². The number of benzene rings is 2. The first kappa shape index (κ1) is 28.5. The molecule has 9 nitrogen and oxygen atoms in total. The van der Waals surface area contributed by atoms with Crippen LogP contribution in [0.2, 0.25) is 0 Å². The molecule has 214 valence electrons. The Kier molecular flexibility index (Phi) is 7.76. The standard InChI is InChI=1S/C33H31N3O6/c1-19-27(22(4)38)29(34-28(19)32(39)41-17-23-12-8-6-9-13-23)31-35(5)16-25-26(21(3)37)20(2)30(36(25)31)33(40)42-18-24-14-10-7-11-15-24/h6-15H,16-18H2,1-5H3/p+1. The van der Waals surface area contributed by atoms with Crippen LogP contribution in [-0.2, 0) is 29.2 Å². The number of H-pyrrole nitrogens is 1. The number of carbonyl (C=O) groups is 4. The summed E-state index contributed by atoms with van der Waals surface area (Å²) in [5, 5.41) is 0. The first-order chi connectivity index (χ1) is 20.1. The maximum absolute atomic E-state index is 13.6. The first-order valence-electron chi connectivity index (χ1n) is 13.6. The first-order valence-corrected chi connectivity index (χ1v) is 13.6. The summed E-state index contributed by atoms with van der Waals surface area (Å²) >= 11 is 0. The number of carbonyl (C=O) groups excluding carboxylic acids is 4. The molecule has 1 N–H and O–H groups in total. The number of aromatic nitrogens is 2. The maximum atomic E-state index is 13.6. The molecule has 0 bridgehead atoms. The zero-order chi connectivity index (χ0) is 30.1. The van der Waals surface area contributed by atoms with Gasteiger partial charge in [0.1, 0.15) is 31.1 Å².